The van der Waals surface area contributed by atoms with Crippen molar-refractivity contribution in [2.75, 3.05) is 12.6 Å². The van der Waals surface area contributed by atoms with Gasteiger partial charge in [0.15, 0.2) is 0 Å². The summed E-state index contributed by atoms with van der Waals surface area (Å²) in [5.41, 5.74) is 0.217. The van der Waals surface area contributed by atoms with E-state index in [0.717, 1.165) is 14.5 Å². The van der Waals surface area contributed by atoms with Gasteiger partial charge in [-0.3, -0.25) is 0 Å². The standard InChI is InChI=1S/C5H12IO2P3S.2CH4/c1-4(5(6)12(7)8)10-3-11(2)9;;/h4,10H,3,9H2,1-2H3;2*1H4. The maximum atomic E-state index is 10.5. The van der Waals surface area contributed by atoms with Crippen LogP contribution in [-0.4, -0.2) is 29.5 Å². The Kier molecular flexibility index (Phi) is 16.8. The third kappa shape index (κ3) is 10.2. The third-order valence-corrected chi connectivity index (χ3v) is 9.90. The Bertz CT molecular complexity index is 256. The first-order valence-corrected chi connectivity index (χ1v) is 10.3. The summed E-state index contributed by atoms with van der Waals surface area (Å²) >= 11 is 1.92. The van der Waals surface area contributed by atoms with E-state index in [1.807, 2.05) is 29.5 Å². The molecular formula is C7H20IO2P3S. The van der Waals surface area contributed by atoms with Crippen molar-refractivity contribution in [3.63, 3.8) is 0 Å². The van der Waals surface area contributed by atoms with Gasteiger partial charge in [0.25, 0.3) is 0 Å². The van der Waals surface area contributed by atoms with Crippen LogP contribution in [0.5, 0.6) is 0 Å². The summed E-state index contributed by atoms with van der Waals surface area (Å²) in [6.07, 6.45) is 0. The minimum atomic E-state index is -1.99. The normalized spacial score (nSPS) is 14.0. The molecule has 7 heteroatoms. The van der Waals surface area contributed by atoms with Crippen molar-refractivity contribution in [1.29, 1.82) is 0 Å². The highest BCUT2D eigenvalue weighted by Crippen LogP contribution is 2.46. The van der Waals surface area contributed by atoms with Gasteiger partial charge in [-0.25, -0.2) is 0 Å². The number of halogens is 1. The third-order valence-electron chi connectivity index (χ3n) is 1.15. The Morgan fingerprint density at radius 3 is 2.29 bits per heavy atom. The lowest BCUT2D eigenvalue weighted by atomic mass is 10.6. The maximum Gasteiger partial charge on any atom is 0.224 e. The molecule has 0 saturated heterocycles. The smallest absolute Gasteiger partial charge is 0.184 e. The molecule has 0 heterocycles. The van der Waals surface area contributed by atoms with E-state index < -0.39 is 10.3 Å². The molecule has 2 nitrogen and oxygen atoms in total. The van der Waals surface area contributed by atoms with Gasteiger partial charge in [0, 0.05) is 5.66 Å². The van der Waals surface area contributed by atoms with Gasteiger partial charge in [0.2, 0.25) is 10.3 Å². The lowest BCUT2D eigenvalue weighted by Gasteiger charge is -2.09. The molecule has 0 saturated carbocycles. The highest BCUT2D eigenvalue weighted by Gasteiger charge is 2.09. The van der Waals surface area contributed by atoms with Crippen molar-refractivity contribution in [2.24, 2.45) is 0 Å². The largest absolute Gasteiger partial charge is 0.224 e. The van der Waals surface area contributed by atoms with Gasteiger partial charge in [-0.15, -0.1) is 17.5 Å². The van der Waals surface area contributed by atoms with Crippen LogP contribution >= 0.6 is 47.7 Å². The molecule has 0 aromatic rings. The van der Waals surface area contributed by atoms with Gasteiger partial charge < -0.3 is 0 Å². The summed E-state index contributed by atoms with van der Waals surface area (Å²) in [5, 5.41) is 0. The second-order valence-electron chi connectivity index (χ2n) is 2.38. The molecule has 4 atom stereocenters. The van der Waals surface area contributed by atoms with Crippen molar-refractivity contribution in [3.05, 3.63) is 0 Å². The molecule has 0 aliphatic rings. The molecule has 0 fully saturated rings. The van der Waals surface area contributed by atoms with Crippen LogP contribution in [0.2, 0.25) is 0 Å². The predicted octanol–water partition coefficient (Wildman–Crippen LogP) is 3.63. The van der Waals surface area contributed by atoms with Gasteiger partial charge in [0.1, 0.15) is 2.87 Å². The van der Waals surface area contributed by atoms with E-state index in [4.69, 9.17) is 0 Å². The van der Waals surface area contributed by atoms with Crippen LogP contribution in [-0.2, 0) is 10.3 Å². The molecule has 0 spiro atoms. The topological polar surface area (TPSA) is 34.1 Å². The van der Waals surface area contributed by atoms with Crippen LogP contribution in [0.3, 0.4) is 0 Å². The maximum absolute atomic E-state index is 10.5. The Balaban J connectivity index is -0.000000605. The van der Waals surface area contributed by atoms with Crippen molar-refractivity contribution in [1.82, 2.24) is 0 Å². The predicted molar refractivity (Wildman–Crippen MR) is 86.6 cm³/mol. The molecule has 0 radical (unpaired) electrons. The fourth-order valence-electron chi connectivity index (χ4n) is 0.506. The number of hydrogen-bond acceptors (Lipinski definition) is 2. The van der Waals surface area contributed by atoms with Gasteiger partial charge in [-0.1, -0.05) is 29.4 Å². The van der Waals surface area contributed by atoms with Crippen LogP contribution in [0, 0.1) is 0 Å². The molecule has 14 heavy (non-hydrogen) atoms. The minimum Gasteiger partial charge on any atom is -0.184 e. The first kappa shape index (κ1) is 21.0. The first-order valence-electron chi connectivity index (χ1n) is 3.26. The molecular weight excluding hydrogens is 368 g/mol. The fourth-order valence-corrected chi connectivity index (χ4v) is 5.35. The molecule has 88 valence electrons. The second-order valence-corrected chi connectivity index (χ2v) is 11.9. The van der Waals surface area contributed by atoms with E-state index in [9.17, 15) is 8.42 Å². The van der Waals surface area contributed by atoms with E-state index >= 15 is 0 Å². The number of hydrogen-bond donors (Lipinski definition) is 0. The van der Waals surface area contributed by atoms with Crippen LogP contribution in [0.25, 0.3) is 0 Å². The van der Waals surface area contributed by atoms with Crippen molar-refractivity contribution >= 4 is 60.9 Å². The quantitative estimate of drug-likeness (QED) is 0.319. The summed E-state index contributed by atoms with van der Waals surface area (Å²) in [6, 6.07) is 0. The number of rotatable bonds is 4. The lowest BCUT2D eigenvalue weighted by molar-refractivity contribution is 0.627. The fraction of sp³-hybridized carbons (Fsp3) is 0.857. The molecule has 0 bridgehead atoms. The van der Waals surface area contributed by atoms with Gasteiger partial charge >= 0.3 is 0 Å². The zero-order valence-corrected chi connectivity index (χ0v) is 12.9. The lowest BCUT2D eigenvalue weighted by Crippen LogP contribution is -2.04. The van der Waals surface area contributed by atoms with E-state index in [1.54, 1.807) is 0 Å². The van der Waals surface area contributed by atoms with Crippen LogP contribution < -0.4 is 0 Å². The second kappa shape index (κ2) is 11.2. The summed E-state index contributed by atoms with van der Waals surface area (Å²) in [7, 11) is 1.56. The van der Waals surface area contributed by atoms with E-state index in [0.29, 0.717) is 2.87 Å². The summed E-state index contributed by atoms with van der Waals surface area (Å²) in [4.78, 5) is 0. The molecule has 0 aromatic carbocycles. The Hall–Kier alpha value is 1.71. The average Bonchev–Trinajstić information content (AvgIpc) is 1.98. The van der Waals surface area contributed by atoms with Crippen molar-refractivity contribution in [3.8, 4) is 0 Å². The van der Waals surface area contributed by atoms with Crippen molar-refractivity contribution in [2.45, 2.75) is 27.4 Å². The highest BCUT2D eigenvalue weighted by atomic mass is 127. The molecule has 0 aliphatic heterocycles. The summed E-state index contributed by atoms with van der Waals surface area (Å²) < 4.78 is 21.7. The molecule has 0 aromatic heterocycles. The van der Waals surface area contributed by atoms with Gasteiger partial charge in [-0.05, 0) is 35.2 Å². The molecule has 0 N–H and O–H groups in total. The van der Waals surface area contributed by atoms with E-state index in [1.165, 1.54) is 0 Å². The van der Waals surface area contributed by atoms with Crippen LogP contribution in [0.4, 0.5) is 0 Å². The van der Waals surface area contributed by atoms with E-state index in [-0.39, 0.29) is 28.1 Å². The minimum absolute atomic E-state index is 0. The monoisotopic (exact) mass is 388 g/mol. The van der Waals surface area contributed by atoms with Gasteiger partial charge in [0.05, 0.1) is 0 Å². The summed E-state index contributed by atoms with van der Waals surface area (Å²) in [6.45, 7) is 4.15. The van der Waals surface area contributed by atoms with Crippen LogP contribution in [0.15, 0.2) is 0 Å². The Morgan fingerprint density at radius 2 is 2.00 bits per heavy atom. The van der Waals surface area contributed by atoms with Crippen molar-refractivity contribution < 1.29 is 8.42 Å². The average molecular weight is 388 g/mol. The van der Waals surface area contributed by atoms with E-state index in [2.05, 4.69) is 15.6 Å². The zero-order valence-electron chi connectivity index (χ0n) is 6.91. The first-order chi connectivity index (χ1) is 5.45. The Labute approximate surface area is 109 Å². The summed E-state index contributed by atoms with van der Waals surface area (Å²) in [5.74, 6) is 1.14. The Morgan fingerprint density at radius 1 is 1.57 bits per heavy atom. The molecule has 0 rings (SSSR count). The van der Waals surface area contributed by atoms with Gasteiger partial charge in [-0.2, -0.15) is 8.42 Å². The molecule has 0 aliphatic carbocycles. The zero-order chi connectivity index (χ0) is 9.72. The molecule has 4 unspecified atom stereocenters. The van der Waals surface area contributed by atoms with Crippen LogP contribution in [0.1, 0.15) is 21.8 Å². The SMILES string of the molecule is C.C.CC(PCP(C)P)C(I)=S(=O)=O. The highest BCUT2D eigenvalue weighted by molar-refractivity contribution is 14.1. The molecule has 0 amide bonds.